The Hall–Kier alpha value is -2.60. The molecule has 2 aromatic rings. The highest BCUT2D eigenvalue weighted by Crippen LogP contribution is 2.34. The highest BCUT2D eigenvalue weighted by molar-refractivity contribution is 6.30. The summed E-state index contributed by atoms with van der Waals surface area (Å²) in [6.45, 7) is 2.25. The highest BCUT2D eigenvalue weighted by atomic mass is 35.5. The van der Waals surface area contributed by atoms with Gasteiger partial charge < -0.3 is 15.0 Å². The fraction of sp³-hybridized carbons (Fsp3) is 0.278. The van der Waals surface area contributed by atoms with Crippen LogP contribution in [0.5, 0.6) is 5.75 Å². The molecule has 0 saturated carbocycles. The van der Waals surface area contributed by atoms with Crippen LogP contribution in [-0.4, -0.2) is 30.5 Å². The third-order valence-electron chi connectivity index (χ3n) is 4.10. The number of anilines is 2. The van der Waals surface area contributed by atoms with Crippen LogP contribution in [0.15, 0.2) is 36.5 Å². The van der Waals surface area contributed by atoms with E-state index in [1.165, 1.54) is 6.20 Å². The van der Waals surface area contributed by atoms with E-state index < -0.39 is 5.92 Å². The van der Waals surface area contributed by atoms with Crippen molar-refractivity contribution >= 4 is 34.9 Å². The monoisotopic (exact) mass is 359 g/mol. The summed E-state index contributed by atoms with van der Waals surface area (Å²) in [6.07, 6.45) is 1.61. The van der Waals surface area contributed by atoms with Gasteiger partial charge in [-0.15, -0.1) is 0 Å². The maximum atomic E-state index is 12.4. The van der Waals surface area contributed by atoms with Crippen molar-refractivity contribution in [2.75, 3.05) is 23.9 Å². The first kappa shape index (κ1) is 17.2. The molecule has 1 aliphatic rings. The number of aryl methyl sites for hydroxylation is 1. The van der Waals surface area contributed by atoms with Gasteiger partial charge in [-0.2, -0.15) is 0 Å². The number of benzene rings is 1. The molecule has 3 rings (SSSR count). The minimum Gasteiger partial charge on any atom is -0.495 e. The number of halogens is 1. The van der Waals surface area contributed by atoms with E-state index in [1.807, 2.05) is 25.1 Å². The van der Waals surface area contributed by atoms with Gasteiger partial charge in [0.2, 0.25) is 11.8 Å². The quantitative estimate of drug-likeness (QED) is 0.910. The zero-order valence-corrected chi connectivity index (χ0v) is 14.7. The van der Waals surface area contributed by atoms with Crippen molar-refractivity contribution < 1.29 is 14.3 Å². The maximum Gasteiger partial charge on any atom is 0.230 e. The number of methoxy groups -OCH3 is 1. The molecule has 1 N–H and O–H groups in total. The van der Waals surface area contributed by atoms with Crippen LogP contribution in [0.1, 0.15) is 12.0 Å². The molecule has 0 aliphatic carbocycles. The van der Waals surface area contributed by atoms with Gasteiger partial charge in [-0.3, -0.25) is 9.59 Å². The Labute approximate surface area is 150 Å². The van der Waals surface area contributed by atoms with Gasteiger partial charge in [0.25, 0.3) is 0 Å². The number of ether oxygens (including phenoxy) is 1. The van der Waals surface area contributed by atoms with Crippen LogP contribution in [0.3, 0.4) is 0 Å². The summed E-state index contributed by atoms with van der Waals surface area (Å²) >= 11 is 5.78. The van der Waals surface area contributed by atoms with Crippen LogP contribution >= 0.6 is 11.6 Å². The zero-order chi connectivity index (χ0) is 18.0. The summed E-state index contributed by atoms with van der Waals surface area (Å²) in [5.74, 6) is 0.230. The number of hydrogen-bond acceptors (Lipinski definition) is 4. The minimum atomic E-state index is -0.449. The number of carbonyl (C=O) groups is 2. The molecule has 0 unspecified atom stereocenters. The van der Waals surface area contributed by atoms with Crippen LogP contribution in [-0.2, 0) is 9.59 Å². The van der Waals surface area contributed by atoms with Gasteiger partial charge in [0.05, 0.1) is 23.7 Å². The summed E-state index contributed by atoms with van der Waals surface area (Å²) in [7, 11) is 1.56. The molecular formula is C18H18ClN3O3. The van der Waals surface area contributed by atoms with Crippen LogP contribution in [0.2, 0.25) is 5.02 Å². The van der Waals surface area contributed by atoms with Crippen molar-refractivity contribution in [2.45, 2.75) is 13.3 Å². The largest absolute Gasteiger partial charge is 0.495 e. The zero-order valence-electron chi connectivity index (χ0n) is 14.0. The van der Waals surface area contributed by atoms with Crippen molar-refractivity contribution in [1.82, 2.24) is 4.98 Å². The Morgan fingerprint density at radius 1 is 1.36 bits per heavy atom. The van der Waals surface area contributed by atoms with E-state index >= 15 is 0 Å². The molecule has 0 radical (unpaired) electrons. The Balaban J connectivity index is 1.75. The van der Waals surface area contributed by atoms with Crippen LogP contribution in [0.25, 0.3) is 0 Å². The molecule has 130 valence electrons. The SMILES string of the molecule is COc1ccc(C)cc1N1C[C@H](C(=O)Nc2ccc(Cl)cn2)CC1=O. The normalized spacial score (nSPS) is 16.8. The fourth-order valence-corrected chi connectivity index (χ4v) is 2.92. The Kier molecular flexibility index (Phi) is 4.90. The van der Waals surface area contributed by atoms with Crippen molar-refractivity contribution in [2.24, 2.45) is 5.92 Å². The molecule has 1 saturated heterocycles. The maximum absolute atomic E-state index is 12.4. The van der Waals surface area contributed by atoms with Crippen LogP contribution in [0, 0.1) is 12.8 Å². The highest BCUT2D eigenvalue weighted by Gasteiger charge is 2.36. The third kappa shape index (κ3) is 3.74. The first-order valence-corrected chi connectivity index (χ1v) is 8.23. The molecule has 1 aromatic heterocycles. The second-order valence-corrected chi connectivity index (χ2v) is 6.37. The molecule has 1 aromatic carbocycles. The van der Waals surface area contributed by atoms with E-state index in [0.29, 0.717) is 28.8 Å². The Morgan fingerprint density at radius 3 is 2.84 bits per heavy atom. The van der Waals surface area contributed by atoms with Gasteiger partial charge >= 0.3 is 0 Å². The van der Waals surface area contributed by atoms with Crippen molar-refractivity contribution in [1.29, 1.82) is 0 Å². The number of aromatic nitrogens is 1. The standard InChI is InChI=1S/C18H18ClN3O3/c1-11-3-5-15(25-2)14(7-11)22-10-12(8-17(22)23)18(24)21-16-6-4-13(19)9-20-16/h3-7,9,12H,8,10H2,1-2H3,(H,20,21,24)/t12-/m1/s1. The summed E-state index contributed by atoms with van der Waals surface area (Å²) in [5, 5.41) is 3.22. The third-order valence-corrected chi connectivity index (χ3v) is 4.32. The van der Waals surface area contributed by atoms with Gasteiger partial charge in [-0.05, 0) is 36.8 Å². The van der Waals surface area contributed by atoms with Gasteiger partial charge in [-0.25, -0.2) is 4.98 Å². The van der Waals surface area contributed by atoms with Gasteiger partial charge in [0.1, 0.15) is 11.6 Å². The summed E-state index contributed by atoms with van der Waals surface area (Å²) in [5.41, 5.74) is 1.70. The summed E-state index contributed by atoms with van der Waals surface area (Å²) in [6, 6.07) is 8.90. The van der Waals surface area contributed by atoms with E-state index in [9.17, 15) is 9.59 Å². The van der Waals surface area contributed by atoms with Gasteiger partial charge in [0.15, 0.2) is 0 Å². The number of amides is 2. The Bertz CT molecular complexity index is 808. The lowest BCUT2D eigenvalue weighted by atomic mass is 10.1. The lowest BCUT2D eigenvalue weighted by Crippen LogP contribution is -2.28. The second kappa shape index (κ2) is 7.11. The number of nitrogens with one attached hydrogen (secondary N) is 1. The number of hydrogen-bond donors (Lipinski definition) is 1. The molecule has 7 heteroatoms. The molecule has 0 spiro atoms. The van der Waals surface area contributed by atoms with Crippen LogP contribution < -0.4 is 15.0 Å². The smallest absolute Gasteiger partial charge is 0.230 e. The molecule has 6 nitrogen and oxygen atoms in total. The number of rotatable bonds is 4. The average molecular weight is 360 g/mol. The molecule has 2 amide bonds. The molecule has 25 heavy (non-hydrogen) atoms. The topological polar surface area (TPSA) is 71.5 Å². The summed E-state index contributed by atoms with van der Waals surface area (Å²) in [4.78, 5) is 30.5. The van der Waals surface area contributed by atoms with Gasteiger partial charge in [0, 0.05) is 19.2 Å². The predicted molar refractivity (Wildman–Crippen MR) is 96.1 cm³/mol. The molecule has 1 fully saturated rings. The molecule has 0 bridgehead atoms. The minimum absolute atomic E-state index is 0.104. The second-order valence-electron chi connectivity index (χ2n) is 5.93. The van der Waals surface area contributed by atoms with E-state index in [4.69, 9.17) is 16.3 Å². The lowest BCUT2D eigenvalue weighted by molar-refractivity contribution is -0.122. The number of nitrogens with zero attached hydrogens (tertiary/aromatic N) is 2. The number of carbonyl (C=O) groups excluding carboxylic acids is 2. The van der Waals surface area contributed by atoms with Crippen LogP contribution in [0.4, 0.5) is 11.5 Å². The number of pyridine rings is 1. The van der Waals surface area contributed by atoms with E-state index in [0.717, 1.165) is 5.56 Å². The first-order chi connectivity index (χ1) is 12.0. The molecule has 1 atom stereocenters. The van der Waals surface area contributed by atoms with Crippen molar-refractivity contribution in [3.8, 4) is 5.75 Å². The average Bonchev–Trinajstić information content (AvgIpc) is 2.98. The fourth-order valence-electron chi connectivity index (χ4n) is 2.81. The summed E-state index contributed by atoms with van der Waals surface area (Å²) < 4.78 is 5.35. The van der Waals surface area contributed by atoms with Crippen molar-refractivity contribution in [3.05, 3.63) is 47.1 Å². The van der Waals surface area contributed by atoms with E-state index in [2.05, 4.69) is 10.3 Å². The van der Waals surface area contributed by atoms with E-state index in [1.54, 1.807) is 24.1 Å². The molecule has 1 aliphatic heterocycles. The molecular weight excluding hydrogens is 342 g/mol. The first-order valence-electron chi connectivity index (χ1n) is 7.85. The van der Waals surface area contributed by atoms with Crippen molar-refractivity contribution in [3.63, 3.8) is 0 Å². The Morgan fingerprint density at radius 2 is 2.16 bits per heavy atom. The van der Waals surface area contributed by atoms with E-state index in [-0.39, 0.29) is 18.2 Å². The van der Waals surface area contributed by atoms with Gasteiger partial charge in [-0.1, -0.05) is 17.7 Å². The predicted octanol–water partition coefficient (Wildman–Crippen LogP) is 3.04. The molecule has 2 heterocycles. The lowest BCUT2D eigenvalue weighted by Gasteiger charge is -2.20.